The second-order valence-corrected chi connectivity index (χ2v) is 3.95. The molecule has 1 aromatic heterocycles. The molecule has 0 saturated carbocycles. The molecule has 116 valence electrons. The van der Waals surface area contributed by atoms with Crippen molar-refractivity contribution in [1.29, 1.82) is 0 Å². The van der Waals surface area contributed by atoms with E-state index in [0.717, 1.165) is 12.3 Å². The molecule has 4 N–H and O–H groups in total. The van der Waals surface area contributed by atoms with Crippen molar-refractivity contribution >= 4 is 17.7 Å². The van der Waals surface area contributed by atoms with Crippen molar-refractivity contribution in [1.82, 2.24) is 10.3 Å². The molecular weight excluding hydrogens is 295 g/mol. The molecular formula is C11H12F3N3O4. The first-order chi connectivity index (χ1) is 9.70. The summed E-state index contributed by atoms with van der Waals surface area (Å²) in [6.45, 7) is -0.118. The van der Waals surface area contributed by atoms with Crippen LogP contribution >= 0.6 is 0 Å². The molecule has 2 amide bonds. The zero-order valence-corrected chi connectivity index (χ0v) is 10.5. The third-order valence-electron chi connectivity index (χ3n) is 2.30. The average Bonchev–Trinajstić information content (AvgIpc) is 2.38. The number of urea groups is 1. The largest absolute Gasteiger partial charge is 0.479 e. The molecule has 21 heavy (non-hydrogen) atoms. The summed E-state index contributed by atoms with van der Waals surface area (Å²) in [6, 6.07) is 0.986. The van der Waals surface area contributed by atoms with Crippen molar-refractivity contribution in [3.63, 3.8) is 0 Å². The van der Waals surface area contributed by atoms with E-state index in [2.05, 4.69) is 15.6 Å². The van der Waals surface area contributed by atoms with Gasteiger partial charge in [0.2, 0.25) is 0 Å². The lowest BCUT2D eigenvalue weighted by Crippen LogP contribution is -2.33. The molecule has 0 aliphatic carbocycles. The maximum absolute atomic E-state index is 12.3. The Morgan fingerprint density at radius 3 is 2.48 bits per heavy atom. The number of aromatic nitrogens is 1. The normalized spacial score (nSPS) is 12.6. The minimum atomic E-state index is -4.56. The monoisotopic (exact) mass is 307 g/mol. The molecule has 1 heterocycles. The van der Waals surface area contributed by atoms with Gasteiger partial charge in [-0.3, -0.25) is 0 Å². The maximum atomic E-state index is 12.3. The number of hydrogen-bond donors (Lipinski definition) is 4. The van der Waals surface area contributed by atoms with E-state index in [0.29, 0.717) is 6.07 Å². The molecule has 1 rings (SSSR count). The van der Waals surface area contributed by atoms with E-state index in [1.165, 1.54) is 0 Å². The smallest absolute Gasteiger partial charge is 0.433 e. The molecule has 0 saturated heterocycles. The lowest BCUT2D eigenvalue weighted by Gasteiger charge is -2.10. The molecule has 1 aromatic rings. The highest BCUT2D eigenvalue weighted by Gasteiger charge is 2.32. The standard InChI is InChI=1S/C11H12F3N3O4/c12-11(13,14)8-2-1-6(5-16-8)17-10(21)15-4-3-7(18)9(19)20/h1-2,5,7,18H,3-4H2,(H,19,20)(H2,15,17,21)/t7-/m0/s1. The van der Waals surface area contributed by atoms with Crippen LogP contribution in [-0.2, 0) is 11.0 Å². The van der Waals surface area contributed by atoms with Gasteiger partial charge < -0.3 is 20.8 Å². The third-order valence-corrected chi connectivity index (χ3v) is 2.30. The van der Waals surface area contributed by atoms with Crippen LogP contribution in [0.2, 0.25) is 0 Å². The lowest BCUT2D eigenvalue weighted by atomic mass is 10.2. The van der Waals surface area contributed by atoms with Crippen molar-refractivity contribution in [2.24, 2.45) is 0 Å². The van der Waals surface area contributed by atoms with Crippen LogP contribution in [0.15, 0.2) is 18.3 Å². The summed E-state index contributed by atoms with van der Waals surface area (Å²) in [5.41, 5.74) is -1.04. The Bertz CT molecular complexity index is 504. The van der Waals surface area contributed by atoms with Crippen molar-refractivity contribution in [3.8, 4) is 0 Å². The Labute approximate surface area is 116 Å². The number of amides is 2. The first-order valence-corrected chi connectivity index (χ1v) is 5.69. The minimum absolute atomic E-state index is 0.0410. The van der Waals surface area contributed by atoms with E-state index in [9.17, 15) is 22.8 Å². The number of alkyl halides is 3. The van der Waals surface area contributed by atoms with E-state index in [1.54, 1.807) is 0 Å². The number of aliphatic hydroxyl groups is 1. The van der Waals surface area contributed by atoms with Crippen molar-refractivity contribution in [3.05, 3.63) is 24.0 Å². The van der Waals surface area contributed by atoms with Gasteiger partial charge >= 0.3 is 18.2 Å². The Morgan fingerprint density at radius 1 is 1.33 bits per heavy atom. The molecule has 0 spiro atoms. The Kier molecular flexibility index (Phi) is 5.47. The Balaban J connectivity index is 2.43. The fraction of sp³-hybridized carbons (Fsp3) is 0.364. The van der Waals surface area contributed by atoms with Gasteiger partial charge in [-0.25, -0.2) is 14.6 Å². The number of aliphatic carboxylic acids is 1. The van der Waals surface area contributed by atoms with Crippen LogP contribution in [0.5, 0.6) is 0 Å². The first-order valence-electron chi connectivity index (χ1n) is 5.69. The molecule has 0 unspecified atom stereocenters. The van der Waals surface area contributed by atoms with Crippen LogP contribution in [0.3, 0.4) is 0 Å². The number of nitrogens with zero attached hydrogens (tertiary/aromatic N) is 1. The highest BCUT2D eigenvalue weighted by atomic mass is 19.4. The summed E-state index contributed by atoms with van der Waals surface area (Å²) in [5, 5.41) is 21.8. The number of pyridine rings is 1. The van der Waals surface area contributed by atoms with Crippen LogP contribution in [0.4, 0.5) is 23.7 Å². The predicted molar refractivity (Wildman–Crippen MR) is 64.5 cm³/mol. The van der Waals surface area contributed by atoms with E-state index < -0.39 is 30.0 Å². The van der Waals surface area contributed by atoms with E-state index >= 15 is 0 Å². The topological polar surface area (TPSA) is 112 Å². The highest BCUT2D eigenvalue weighted by molar-refractivity contribution is 5.89. The van der Waals surface area contributed by atoms with Crippen LogP contribution in [0, 0.1) is 0 Å². The number of carboxylic acid groups (broad SMARTS) is 1. The predicted octanol–water partition coefficient (Wildman–Crippen LogP) is 1.06. The summed E-state index contributed by atoms with van der Waals surface area (Å²) in [4.78, 5) is 24.8. The van der Waals surface area contributed by atoms with Gasteiger partial charge in [0.1, 0.15) is 5.69 Å². The maximum Gasteiger partial charge on any atom is 0.433 e. The first kappa shape index (κ1) is 16.7. The van der Waals surface area contributed by atoms with Crippen molar-refractivity contribution < 1.29 is 33.0 Å². The number of halogens is 3. The number of anilines is 1. The van der Waals surface area contributed by atoms with E-state index in [-0.39, 0.29) is 18.7 Å². The third kappa shape index (κ3) is 5.65. The molecule has 1 atom stereocenters. The fourth-order valence-electron chi connectivity index (χ4n) is 1.26. The summed E-state index contributed by atoms with van der Waals surface area (Å²) in [6.07, 6.45) is -5.52. The zero-order chi connectivity index (χ0) is 16.0. The molecule has 0 aliphatic rings. The molecule has 7 nitrogen and oxygen atoms in total. The number of carboxylic acids is 1. The number of carbonyl (C=O) groups excluding carboxylic acids is 1. The second kappa shape index (κ2) is 6.88. The molecule has 0 fully saturated rings. The van der Waals surface area contributed by atoms with Crippen molar-refractivity contribution in [2.45, 2.75) is 18.7 Å². The van der Waals surface area contributed by atoms with Crippen LogP contribution in [0.1, 0.15) is 12.1 Å². The molecule has 10 heteroatoms. The van der Waals surface area contributed by atoms with Gasteiger partial charge in [-0.2, -0.15) is 13.2 Å². The van der Waals surface area contributed by atoms with Crippen molar-refractivity contribution in [2.75, 3.05) is 11.9 Å². The summed E-state index contributed by atoms with van der Waals surface area (Å²) in [5.74, 6) is -1.41. The van der Waals surface area contributed by atoms with Gasteiger partial charge in [-0.15, -0.1) is 0 Å². The summed E-state index contributed by atoms with van der Waals surface area (Å²) < 4.78 is 36.8. The molecule has 0 aliphatic heterocycles. The average molecular weight is 307 g/mol. The van der Waals surface area contributed by atoms with Gasteiger partial charge in [0.15, 0.2) is 6.10 Å². The second-order valence-electron chi connectivity index (χ2n) is 3.95. The zero-order valence-electron chi connectivity index (χ0n) is 10.5. The van der Waals surface area contributed by atoms with E-state index in [1.807, 2.05) is 0 Å². The number of hydrogen-bond acceptors (Lipinski definition) is 4. The van der Waals surface area contributed by atoms with Gasteiger partial charge in [-0.05, 0) is 12.1 Å². The van der Waals surface area contributed by atoms with Gasteiger partial charge in [0.05, 0.1) is 11.9 Å². The highest BCUT2D eigenvalue weighted by Crippen LogP contribution is 2.27. The molecule has 0 radical (unpaired) electrons. The summed E-state index contributed by atoms with van der Waals surface area (Å²) >= 11 is 0. The lowest BCUT2D eigenvalue weighted by molar-refractivity contribution is -0.146. The number of aliphatic hydroxyl groups excluding tert-OH is 1. The molecule has 0 bridgehead atoms. The Morgan fingerprint density at radius 2 is 2.00 bits per heavy atom. The Hall–Kier alpha value is -2.36. The van der Waals surface area contributed by atoms with Gasteiger partial charge in [-0.1, -0.05) is 0 Å². The van der Waals surface area contributed by atoms with Gasteiger partial charge in [0, 0.05) is 13.0 Å². The van der Waals surface area contributed by atoms with Crippen LogP contribution in [0.25, 0.3) is 0 Å². The summed E-state index contributed by atoms with van der Waals surface area (Å²) in [7, 11) is 0. The number of nitrogens with one attached hydrogen (secondary N) is 2. The number of carbonyl (C=O) groups is 2. The SMILES string of the molecule is O=C(NCC[C@H](O)C(=O)O)Nc1ccc(C(F)(F)F)nc1. The minimum Gasteiger partial charge on any atom is -0.479 e. The van der Waals surface area contributed by atoms with Gasteiger partial charge in [0.25, 0.3) is 0 Å². The fourth-order valence-corrected chi connectivity index (χ4v) is 1.26. The number of rotatable bonds is 5. The van der Waals surface area contributed by atoms with E-state index in [4.69, 9.17) is 10.2 Å². The quantitative estimate of drug-likeness (QED) is 0.650. The molecule has 0 aromatic carbocycles. The van der Waals surface area contributed by atoms with Crippen LogP contribution < -0.4 is 10.6 Å². The van der Waals surface area contributed by atoms with Crippen LogP contribution in [-0.4, -0.2) is 39.8 Å².